The minimum Gasteiger partial charge on any atom is -0.496 e. The van der Waals surface area contributed by atoms with Crippen LogP contribution in [0.3, 0.4) is 0 Å². The molecule has 0 saturated carbocycles. The minimum atomic E-state index is -0.850. The van der Waals surface area contributed by atoms with Crippen molar-refractivity contribution in [2.45, 2.75) is 50.3 Å². The number of carbonyl (C=O) groups excluding carboxylic acids is 1. The molecule has 0 saturated heterocycles. The number of aliphatic hydroxyl groups is 1. The average Bonchev–Trinajstić information content (AvgIpc) is 2.43. The summed E-state index contributed by atoms with van der Waals surface area (Å²) in [5, 5.41) is 13.0. The Morgan fingerprint density at radius 3 is 2.50 bits per heavy atom. The van der Waals surface area contributed by atoms with E-state index in [9.17, 15) is 9.90 Å². The summed E-state index contributed by atoms with van der Waals surface area (Å²) in [6, 6.07) is 5.01. The van der Waals surface area contributed by atoms with Crippen LogP contribution in [0.15, 0.2) is 23.1 Å². The molecular weight excluding hydrogens is 302 g/mol. The number of thioether (sulfide) groups is 1. The first-order valence-corrected chi connectivity index (χ1v) is 8.30. The topological polar surface area (TPSA) is 67.8 Å². The van der Waals surface area contributed by atoms with E-state index in [0.29, 0.717) is 11.3 Å². The molecule has 0 aromatic heterocycles. The van der Waals surface area contributed by atoms with Gasteiger partial charge in [0.2, 0.25) is 0 Å². The van der Waals surface area contributed by atoms with Gasteiger partial charge in [-0.15, -0.1) is 11.8 Å². The monoisotopic (exact) mass is 327 g/mol. The lowest BCUT2D eigenvalue weighted by molar-refractivity contribution is 0.0435. The lowest BCUT2D eigenvalue weighted by Crippen LogP contribution is -2.40. The number of nitrogens with one attached hydrogen (secondary N) is 1. The molecule has 1 unspecified atom stereocenters. The lowest BCUT2D eigenvalue weighted by atomic mass is 10.0. The Hall–Kier alpha value is -1.40. The number of benzene rings is 1. The summed E-state index contributed by atoms with van der Waals surface area (Å²) in [6.07, 6.45) is 0.560. The van der Waals surface area contributed by atoms with E-state index in [1.807, 2.05) is 18.4 Å². The SMILES string of the molecule is COc1cc([C@@H](O)C(C)NC(=O)OC(C)(C)C)ccc1SC. The second-order valence-electron chi connectivity index (χ2n) is 5.99. The Bertz CT molecular complexity index is 513. The third kappa shape index (κ3) is 5.42. The van der Waals surface area contributed by atoms with Crippen molar-refractivity contribution in [3.8, 4) is 5.75 Å². The molecule has 1 aromatic carbocycles. The van der Waals surface area contributed by atoms with Gasteiger partial charge in [0.05, 0.1) is 19.3 Å². The second-order valence-corrected chi connectivity index (χ2v) is 6.84. The highest BCUT2D eigenvalue weighted by Crippen LogP contribution is 2.31. The molecule has 1 rings (SSSR count). The van der Waals surface area contributed by atoms with Gasteiger partial charge in [0.25, 0.3) is 0 Å². The van der Waals surface area contributed by atoms with Crippen molar-refractivity contribution in [2.75, 3.05) is 13.4 Å². The first-order valence-electron chi connectivity index (χ1n) is 7.07. The molecule has 6 heteroatoms. The average molecular weight is 327 g/mol. The molecule has 5 nitrogen and oxygen atoms in total. The van der Waals surface area contributed by atoms with Gasteiger partial charge < -0.3 is 19.9 Å². The van der Waals surface area contributed by atoms with Crippen LogP contribution in [0.1, 0.15) is 39.4 Å². The summed E-state index contributed by atoms with van der Waals surface area (Å²) < 4.78 is 10.5. The third-order valence-corrected chi connectivity index (χ3v) is 3.74. The Labute approximate surface area is 136 Å². The van der Waals surface area contributed by atoms with E-state index >= 15 is 0 Å². The normalized spacial score (nSPS) is 14.1. The molecule has 2 atom stereocenters. The van der Waals surface area contributed by atoms with E-state index in [1.54, 1.807) is 52.6 Å². The van der Waals surface area contributed by atoms with Crippen molar-refractivity contribution >= 4 is 17.9 Å². The van der Waals surface area contributed by atoms with Gasteiger partial charge in [-0.1, -0.05) is 6.07 Å². The molecule has 0 bridgehead atoms. The summed E-state index contributed by atoms with van der Waals surface area (Å²) in [5.74, 6) is 0.702. The first kappa shape index (κ1) is 18.6. The number of alkyl carbamates (subject to hydrolysis) is 1. The first-order chi connectivity index (χ1) is 10.2. The standard InChI is InChI=1S/C16H25NO4S/c1-10(17-15(19)21-16(2,3)4)14(18)11-7-8-13(22-6)12(9-11)20-5/h7-10,14,18H,1-6H3,(H,17,19)/t10?,14-/m0/s1. The maximum atomic E-state index is 11.8. The summed E-state index contributed by atoms with van der Waals surface area (Å²) in [5.41, 5.74) is 0.107. The highest BCUT2D eigenvalue weighted by molar-refractivity contribution is 7.98. The van der Waals surface area contributed by atoms with E-state index in [0.717, 1.165) is 4.90 Å². The third-order valence-electron chi connectivity index (χ3n) is 2.97. The summed E-state index contributed by atoms with van der Waals surface area (Å²) in [6.45, 7) is 7.10. The zero-order valence-corrected chi connectivity index (χ0v) is 14.8. The number of ether oxygens (including phenoxy) is 2. The number of carbonyl (C=O) groups is 1. The molecule has 2 N–H and O–H groups in total. The zero-order chi connectivity index (χ0) is 16.9. The summed E-state index contributed by atoms with van der Waals surface area (Å²) in [7, 11) is 1.59. The molecule has 0 fully saturated rings. The molecule has 1 aromatic rings. The Balaban J connectivity index is 2.78. The zero-order valence-electron chi connectivity index (χ0n) is 14.0. The number of hydrogen-bond donors (Lipinski definition) is 2. The van der Waals surface area contributed by atoms with Gasteiger partial charge in [-0.3, -0.25) is 0 Å². The second kappa shape index (κ2) is 7.74. The maximum Gasteiger partial charge on any atom is 0.407 e. The van der Waals surface area contributed by atoms with Crippen molar-refractivity contribution in [3.05, 3.63) is 23.8 Å². The van der Waals surface area contributed by atoms with Crippen LogP contribution in [0.2, 0.25) is 0 Å². The van der Waals surface area contributed by atoms with E-state index in [1.165, 1.54) is 0 Å². The fraction of sp³-hybridized carbons (Fsp3) is 0.562. The maximum absolute atomic E-state index is 11.8. The van der Waals surface area contributed by atoms with Crippen LogP contribution in [-0.2, 0) is 4.74 Å². The number of hydrogen-bond acceptors (Lipinski definition) is 5. The highest BCUT2D eigenvalue weighted by atomic mass is 32.2. The highest BCUT2D eigenvalue weighted by Gasteiger charge is 2.23. The number of aliphatic hydroxyl groups excluding tert-OH is 1. The molecule has 0 radical (unpaired) electrons. The molecular formula is C16H25NO4S. The van der Waals surface area contributed by atoms with Crippen LogP contribution in [0, 0.1) is 0 Å². The van der Waals surface area contributed by atoms with Crippen LogP contribution in [0.4, 0.5) is 4.79 Å². The van der Waals surface area contributed by atoms with Crippen LogP contribution < -0.4 is 10.1 Å². The van der Waals surface area contributed by atoms with Crippen molar-refractivity contribution in [1.29, 1.82) is 0 Å². The minimum absolute atomic E-state index is 0.486. The molecule has 0 aliphatic carbocycles. The Morgan fingerprint density at radius 1 is 1.36 bits per heavy atom. The van der Waals surface area contributed by atoms with Crippen molar-refractivity contribution < 1.29 is 19.4 Å². The van der Waals surface area contributed by atoms with Gasteiger partial charge in [0.1, 0.15) is 11.4 Å². The smallest absolute Gasteiger partial charge is 0.407 e. The van der Waals surface area contributed by atoms with Crippen molar-refractivity contribution in [1.82, 2.24) is 5.32 Å². The molecule has 0 aliphatic heterocycles. The number of methoxy groups -OCH3 is 1. The molecule has 0 aliphatic rings. The molecule has 0 spiro atoms. The van der Waals surface area contributed by atoms with E-state index < -0.39 is 23.8 Å². The van der Waals surface area contributed by atoms with Crippen LogP contribution >= 0.6 is 11.8 Å². The fourth-order valence-corrected chi connectivity index (χ4v) is 2.45. The summed E-state index contributed by atoms with van der Waals surface area (Å²) >= 11 is 1.57. The van der Waals surface area contributed by atoms with Crippen LogP contribution in [0.5, 0.6) is 5.75 Å². The van der Waals surface area contributed by atoms with E-state index in [-0.39, 0.29) is 0 Å². The molecule has 22 heavy (non-hydrogen) atoms. The molecule has 124 valence electrons. The molecule has 1 amide bonds. The largest absolute Gasteiger partial charge is 0.496 e. The van der Waals surface area contributed by atoms with Crippen LogP contribution in [0.25, 0.3) is 0 Å². The predicted octanol–water partition coefficient (Wildman–Crippen LogP) is 3.36. The van der Waals surface area contributed by atoms with Crippen molar-refractivity contribution in [3.63, 3.8) is 0 Å². The summed E-state index contributed by atoms with van der Waals surface area (Å²) in [4.78, 5) is 12.7. The molecule has 0 heterocycles. The van der Waals surface area contributed by atoms with Crippen molar-refractivity contribution in [2.24, 2.45) is 0 Å². The lowest BCUT2D eigenvalue weighted by Gasteiger charge is -2.24. The van der Waals surface area contributed by atoms with Gasteiger partial charge >= 0.3 is 6.09 Å². The van der Waals surface area contributed by atoms with Gasteiger partial charge in [0.15, 0.2) is 0 Å². The fourth-order valence-electron chi connectivity index (χ4n) is 1.90. The predicted molar refractivity (Wildman–Crippen MR) is 88.6 cm³/mol. The van der Waals surface area contributed by atoms with Gasteiger partial charge in [-0.05, 0) is 51.6 Å². The Kier molecular flexibility index (Phi) is 6.56. The van der Waals surface area contributed by atoms with Gasteiger partial charge in [-0.2, -0.15) is 0 Å². The quantitative estimate of drug-likeness (QED) is 0.812. The van der Waals surface area contributed by atoms with E-state index in [4.69, 9.17) is 9.47 Å². The van der Waals surface area contributed by atoms with Gasteiger partial charge in [0, 0.05) is 4.90 Å². The number of rotatable bonds is 5. The van der Waals surface area contributed by atoms with Crippen LogP contribution in [-0.4, -0.2) is 36.2 Å². The number of amides is 1. The Morgan fingerprint density at radius 2 is 2.00 bits per heavy atom. The van der Waals surface area contributed by atoms with Gasteiger partial charge in [-0.25, -0.2) is 4.79 Å². The van der Waals surface area contributed by atoms with E-state index in [2.05, 4.69) is 5.32 Å².